The van der Waals surface area contributed by atoms with Crippen LogP contribution >= 0.6 is 0 Å². The predicted molar refractivity (Wildman–Crippen MR) is 244 cm³/mol. The largest absolute Gasteiger partial charge is 0.353 e. The molecule has 2 amide bonds. The van der Waals surface area contributed by atoms with Crippen molar-refractivity contribution in [3.05, 3.63) is 24.3 Å². The molecule has 3 rings (SSSR count). The van der Waals surface area contributed by atoms with E-state index in [1.165, 1.54) is 180 Å². The fourth-order valence-electron chi connectivity index (χ4n) is 8.86. The van der Waals surface area contributed by atoms with E-state index >= 15 is 0 Å². The Balaban J connectivity index is 0.984. The van der Waals surface area contributed by atoms with Gasteiger partial charge in [-0.1, -0.05) is 153 Å². The predicted octanol–water partition coefficient (Wildman–Crippen LogP) is 13.3. The van der Waals surface area contributed by atoms with E-state index in [0.717, 1.165) is 84.2 Å². The molecule has 59 heavy (non-hydrogen) atoms. The highest BCUT2D eigenvalue weighted by molar-refractivity contribution is 5.88. The van der Waals surface area contributed by atoms with Gasteiger partial charge in [0.1, 0.15) is 0 Å². The molecule has 1 saturated carbocycles. The molecule has 2 unspecified atom stereocenters. The van der Waals surface area contributed by atoms with E-state index in [1.54, 1.807) is 12.2 Å². The number of hydrogen-bond donors (Lipinski definition) is 2. The standard InChI is InChI=1S/C51H92N2O6/c54-48(35-27-23-19-15-11-7-3-1-5-9-13-17-21-25-31-41-56-50-37-29-33-43-58-50)52-46-39-40-47(45-46)53-49(55)36-28-24-20-16-12-8-4-2-6-10-14-18-22-26-32-42-57-51-38-30-34-44-59-51/h27-28,35-36,46-47,50-51H,1-26,29-34,37-45H2,(H,52,54)(H,53,55)/t46-,47+,50?,51?. The van der Waals surface area contributed by atoms with E-state index in [0.29, 0.717) is 0 Å². The maximum absolute atomic E-state index is 12.4. The first kappa shape index (κ1) is 51.6. The first-order valence-corrected chi connectivity index (χ1v) is 25.6. The molecule has 2 heterocycles. The van der Waals surface area contributed by atoms with Gasteiger partial charge in [0.25, 0.3) is 0 Å². The number of unbranched alkanes of at least 4 members (excludes halogenated alkanes) is 26. The number of carbonyl (C=O) groups is 2. The Labute approximate surface area is 362 Å². The summed E-state index contributed by atoms with van der Waals surface area (Å²) in [5.74, 6) is 0.00919. The van der Waals surface area contributed by atoms with Crippen molar-refractivity contribution >= 4 is 11.8 Å². The van der Waals surface area contributed by atoms with Gasteiger partial charge in [-0.3, -0.25) is 9.59 Å². The lowest BCUT2D eigenvalue weighted by Gasteiger charge is -2.22. The summed E-state index contributed by atoms with van der Waals surface area (Å²) in [6.07, 6.45) is 53.3. The quantitative estimate of drug-likeness (QED) is 0.0475. The summed E-state index contributed by atoms with van der Waals surface area (Å²) < 4.78 is 22.9. The minimum Gasteiger partial charge on any atom is -0.353 e. The maximum Gasteiger partial charge on any atom is 0.243 e. The normalized spacial score (nSPS) is 21.2. The number of nitrogens with one attached hydrogen (secondary N) is 2. The van der Waals surface area contributed by atoms with Crippen molar-refractivity contribution in [2.45, 2.75) is 262 Å². The molecule has 0 aromatic heterocycles. The van der Waals surface area contributed by atoms with Crippen molar-refractivity contribution < 1.29 is 28.5 Å². The molecular formula is C51H92N2O6. The summed E-state index contributed by atoms with van der Waals surface area (Å²) in [6.45, 7) is 3.45. The number of hydrogen-bond acceptors (Lipinski definition) is 6. The molecule has 8 heteroatoms. The fourth-order valence-corrected chi connectivity index (χ4v) is 8.86. The number of amides is 2. The van der Waals surface area contributed by atoms with Crippen LogP contribution in [0.4, 0.5) is 0 Å². The van der Waals surface area contributed by atoms with Crippen molar-refractivity contribution in [2.24, 2.45) is 0 Å². The van der Waals surface area contributed by atoms with Crippen LogP contribution < -0.4 is 10.6 Å². The van der Waals surface area contributed by atoms with Crippen LogP contribution in [0.1, 0.15) is 238 Å². The van der Waals surface area contributed by atoms with Gasteiger partial charge in [0.05, 0.1) is 0 Å². The Morgan fingerprint density at radius 3 is 1.07 bits per heavy atom. The first-order valence-electron chi connectivity index (χ1n) is 25.6. The van der Waals surface area contributed by atoms with Crippen LogP contribution in [-0.2, 0) is 28.5 Å². The van der Waals surface area contributed by atoms with Crippen LogP contribution in [0.5, 0.6) is 0 Å². The van der Waals surface area contributed by atoms with Gasteiger partial charge >= 0.3 is 0 Å². The molecule has 0 spiro atoms. The zero-order valence-corrected chi connectivity index (χ0v) is 38.1. The molecular weight excluding hydrogens is 737 g/mol. The summed E-state index contributed by atoms with van der Waals surface area (Å²) in [5.41, 5.74) is 0. The van der Waals surface area contributed by atoms with Crippen LogP contribution in [0, 0.1) is 0 Å². The Hall–Kier alpha value is -1.74. The van der Waals surface area contributed by atoms with Gasteiger partial charge in [0.15, 0.2) is 12.6 Å². The molecule has 4 atom stereocenters. The number of rotatable bonds is 38. The molecule has 2 N–H and O–H groups in total. The van der Waals surface area contributed by atoms with Gasteiger partial charge in [-0.05, 0) is 108 Å². The van der Waals surface area contributed by atoms with E-state index in [2.05, 4.69) is 10.6 Å². The second-order valence-electron chi connectivity index (χ2n) is 18.1. The number of ether oxygens (including phenoxy) is 4. The second kappa shape index (κ2) is 38.0. The molecule has 2 saturated heterocycles. The lowest BCUT2D eigenvalue weighted by Crippen LogP contribution is -2.36. The third-order valence-corrected chi connectivity index (χ3v) is 12.6. The summed E-state index contributed by atoms with van der Waals surface area (Å²) in [5, 5.41) is 6.30. The van der Waals surface area contributed by atoms with Crippen molar-refractivity contribution in [1.29, 1.82) is 0 Å². The van der Waals surface area contributed by atoms with Gasteiger partial charge in [0, 0.05) is 38.5 Å². The van der Waals surface area contributed by atoms with Crippen molar-refractivity contribution in [3.63, 3.8) is 0 Å². The Bertz CT molecular complexity index is 959. The van der Waals surface area contributed by atoms with Gasteiger partial charge in [-0.2, -0.15) is 0 Å². The second-order valence-corrected chi connectivity index (χ2v) is 18.1. The van der Waals surface area contributed by atoms with E-state index in [4.69, 9.17) is 18.9 Å². The van der Waals surface area contributed by atoms with E-state index in [1.807, 2.05) is 12.2 Å². The maximum atomic E-state index is 12.4. The Morgan fingerprint density at radius 1 is 0.424 bits per heavy atom. The van der Waals surface area contributed by atoms with Crippen LogP contribution in [-0.4, -0.2) is 62.9 Å². The highest BCUT2D eigenvalue weighted by Gasteiger charge is 2.26. The van der Waals surface area contributed by atoms with E-state index in [9.17, 15) is 9.59 Å². The van der Waals surface area contributed by atoms with Crippen LogP contribution in [0.2, 0.25) is 0 Å². The highest BCUT2D eigenvalue weighted by Crippen LogP contribution is 2.20. The molecule has 342 valence electrons. The molecule has 8 nitrogen and oxygen atoms in total. The average Bonchev–Trinajstić information content (AvgIpc) is 3.69. The van der Waals surface area contributed by atoms with Gasteiger partial charge in [0.2, 0.25) is 11.8 Å². The fraction of sp³-hybridized carbons (Fsp3) is 0.882. The molecule has 1 aliphatic carbocycles. The zero-order valence-electron chi connectivity index (χ0n) is 38.1. The van der Waals surface area contributed by atoms with Gasteiger partial charge in [-0.15, -0.1) is 0 Å². The molecule has 0 aromatic rings. The van der Waals surface area contributed by atoms with Gasteiger partial charge in [-0.25, -0.2) is 0 Å². The van der Waals surface area contributed by atoms with Crippen molar-refractivity contribution in [3.8, 4) is 0 Å². The lowest BCUT2D eigenvalue weighted by atomic mass is 10.0. The SMILES string of the molecule is O=C(C=CCCCCCCCCCCCCCCCOC1CCCCO1)N[C@@H]1CC[C@H](NC(=O)C=CCCCCCCCCCCCCCCCOC2CCCCO2)C1. The average molecular weight is 829 g/mol. The first-order chi connectivity index (χ1) is 29.2. The topological polar surface area (TPSA) is 95.1 Å². The van der Waals surface area contributed by atoms with Crippen LogP contribution in [0.3, 0.4) is 0 Å². The minimum atomic E-state index is 0.00459. The zero-order chi connectivity index (χ0) is 41.5. The smallest absolute Gasteiger partial charge is 0.243 e. The van der Waals surface area contributed by atoms with Crippen LogP contribution in [0.25, 0.3) is 0 Å². The number of carbonyl (C=O) groups excluding carboxylic acids is 2. The molecule has 0 aromatic carbocycles. The molecule has 2 aliphatic heterocycles. The summed E-state index contributed by atoms with van der Waals surface area (Å²) in [6, 6.07) is 0.298. The molecule has 0 bridgehead atoms. The number of allylic oxidation sites excluding steroid dienone is 2. The lowest BCUT2D eigenvalue weighted by molar-refractivity contribution is -0.163. The van der Waals surface area contributed by atoms with Gasteiger partial charge < -0.3 is 29.6 Å². The van der Waals surface area contributed by atoms with Crippen molar-refractivity contribution in [2.75, 3.05) is 26.4 Å². The van der Waals surface area contributed by atoms with E-state index < -0.39 is 0 Å². The molecule has 3 fully saturated rings. The van der Waals surface area contributed by atoms with Crippen molar-refractivity contribution in [1.82, 2.24) is 10.6 Å². The van der Waals surface area contributed by atoms with E-state index in [-0.39, 0.29) is 36.5 Å². The summed E-state index contributed by atoms with van der Waals surface area (Å²) in [7, 11) is 0. The summed E-state index contributed by atoms with van der Waals surface area (Å²) >= 11 is 0. The Morgan fingerprint density at radius 2 is 0.746 bits per heavy atom. The summed E-state index contributed by atoms with van der Waals surface area (Å²) in [4.78, 5) is 24.9. The highest BCUT2D eigenvalue weighted by atomic mass is 16.7. The third kappa shape index (κ3) is 30.9. The third-order valence-electron chi connectivity index (χ3n) is 12.6. The molecule has 3 aliphatic rings. The Kier molecular flexibility index (Phi) is 33.2. The van der Waals surface area contributed by atoms with Crippen LogP contribution in [0.15, 0.2) is 24.3 Å². The minimum absolute atomic E-state index is 0.00459. The monoisotopic (exact) mass is 829 g/mol. The molecule has 0 radical (unpaired) electrons.